The fraction of sp³-hybridized carbons (Fsp3) is 0.929. The summed E-state index contributed by atoms with van der Waals surface area (Å²) in [6, 6.07) is 0. The fourth-order valence-corrected chi connectivity index (χ4v) is 3.32. The van der Waals surface area contributed by atoms with E-state index in [9.17, 15) is 9.90 Å². The third-order valence-electron chi connectivity index (χ3n) is 3.30. The molecule has 4 heteroatoms. The lowest BCUT2D eigenvalue weighted by molar-refractivity contribution is -0.121. The number of thioether (sulfide) groups is 1. The average molecular weight is 273 g/mol. The second kappa shape index (κ2) is 7.39. The number of carbonyl (C=O) groups excluding carboxylic acids is 1. The minimum Gasteiger partial charge on any atom is -0.390 e. The molecule has 1 fully saturated rings. The summed E-state index contributed by atoms with van der Waals surface area (Å²) in [5.74, 6) is 3.17. The van der Waals surface area contributed by atoms with Crippen LogP contribution in [0.25, 0.3) is 0 Å². The van der Waals surface area contributed by atoms with E-state index in [1.54, 1.807) is 25.6 Å². The molecule has 1 amide bonds. The van der Waals surface area contributed by atoms with Crippen LogP contribution in [0.1, 0.15) is 46.5 Å². The van der Waals surface area contributed by atoms with Gasteiger partial charge in [-0.25, -0.2) is 0 Å². The van der Waals surface area contributed by atoms with Crippen LogP contribution in [0.3, 0.4) is 0 Å². The normalized spacial score (nSPS) is 24.2. The van der Waals surface area contributed by atoms with Crippen LogP contribution in [0.2, 0.25) is 0 Å². The van der Waals surface area contributed by atoms with Gasteiger partial charge in [-0.05, 0) is 38.5 Å². The first-order valence-electron chi connectivity index (χ1n) is 6.93. The van der Waals surface area contributed by atoms with Crippen LogP contribution in [0.15, 0.2) is 0 Å². The summed E-state index contributed by atoms with van der Waals surface area (Å²) in [4.78, 5) is 11.7. The summed E-state index contributed by atoms with van der Waals surface area (Å²) >= 11 is 1.68. The molecule has 3 nitrogen and oxygen atoms in total. The van der Waals surface area contributed by atoms with Crippen LogP contribution in [-0.4, -0.2) is 34.7 Å². The van der Waals surface area contributed by atoms with Crippen molar-refractivity contribution in [3.8, 4) is 0 Å². The molecular weight excluding hydrogens is 246 g/mol. The van der Waals surface area contributed by atoms with Gasteiger partial charge in [-0.3, -0.25) is 4.79 Å². The molecule has 0 aromatic heterocycles. The lowest BCUT2D eigenvalue weighted by Gasteiger charge is -2.16. The quantitative estimate of drug-likeness (QED) is 0.700. The van der Waals surface area contributed by atoms with E-state index in [-0.39, 0.29) is 5.91 Å². The summed E-state index contributed by atoms with van der Waals surface area (Å²) in [6.45, 7) is 6.59. The molecule has 2 N–H and O–H groups in total. The number of carbonyl (C=O) groups is 1. The number of hydrogen-bond donors (Lipinski definition) is 2. The van der Waals surface area contributed by atoms with Gasteiger partial charge >= 0.3 is 0 Å². The van der Waals surface area contributed by atoms with Crippen molar-refractivity contribution in [2.45, 2.75) is 52.1 Å². The Morgan fingerprint density at radius 3 is 2.72 bits per heavy atom. The van der Waals surface area contributed by atoms with Crippen LogP contribution in [-0.2, 0) is 4.79 Å². The Bertz CT molecular complexity index is 263. The van der Waals surface area contributed by atoms with Crippen molar-refractivity contribution in [1.29, 1.82) is 0 Å². The largest absolute Gasteiger partial charge is 0.390 e. The summed E-state index contributed by atoms with van der Waals surface area (Å²) < 4.78 is 0. The molecule has 1 aliphatic carbocycles. The van der Waals surface area contributed by atoms with Gasteiger partial charge in [0.05, 0.1) is 5.60 Å². The molecule has 0 aliphatic heterocycles. The molecule has 2 atom stereocenters. The van der Waals surface area contributed by atoms with Gasteiger partial charge in [-0.1, -0.05) is 13.3 Å². The lowest BCUT2D eigenvalue weighted by atomic mass is 10.0. The van der Waals surface area contributed by atoms with Crippen molar-refractivity contribution in [3.63, 3.8) is 0 Å². The number of amides is 1. The van der Waals surface area contributed by atoms with Crippen molar-refractivity contribution >= 4 is 17.7 Å². The Labute approximate surface area is 115 Å². The third kappa shape index (κ3) is 7.27. The third-order valence-corrected chi connectivity index (χ3v) is 4.70. The van der Waals surface area contributed by atoms with E-state index in [0.717, 1.165) is 11.7 Å². The maximum atomic E-state index is 11.7. The molecule has 1 rings (SSSR count). The Kier molecular flexibility index (Phi) is 6.50. The zero-order chi connectivity index (χ0) is 13.6. The first kappa shape index (κ1) is 15.8. The van der Waals surface area contributed by atoms with Gasteiger partial charge < -0.3 is 10.4 Å². The fourth-order valence-electron chi connectivity index (χ4n) is 2.43. The summed E-state index contributed by atoms with van der Waals surface area (Å²) in [7, 11) is 0. The Morgan fingerprint density at radius 2 is 2.17 bits per heavy atom. The molecule has 0 saturated heterocycles. The number of rotatable bonds is 7. The summed E-state index contributed by atoms with van der Waals surface area (Å²) in [5.41, 5.74) is -0.616. The van der Waals surface area contributed by atoms with E-state index in [2.05, 4.69) is 12.2 Å². The minimum atomic E-state index is -0.616. The van der Waals surface area contributed by atoms with Crippen molar-refractivity contribution in [2.75, 3.05) is 18.1 Å². The molecule has 0 aromatic rings. The van der Waals surface area contributed by atoms with E-state index in [1.165, 1.54) is 19.3 Å². The molecule has 1 aliphatic rings. The van der Waals surface area contributed by atoms with Crippen LogP contribution in [0, 0.1) is 11.8 Å². The number of nitrogens with one attached hydrogen (secondary N) is 1. The molecule has 0 spiro atoms. The highest BCUT2D eigenvalue weighted by molar-refractivity contribution is 7.99. The van der Waals surface area contributed by atoms with Crippen LogP contribution in [0.5, 0.6) is 0 Å². The van der Waals surface area contributed by atoms with Gasteiger partial charge in [-0.2, -0.15) is 11.8 Å². The highest BCUT2D eigenvalue weighted by atomic mass is 32.2. The second-order valence-corrected chi connectivity index (χ2v) is 7.31. The van der Waals surface area contributed by atoms with Crippen LogP contribution >= 0.6 is 11.8 Å². The lowest BCUT2D eigenvalue weighted by Crippen LogP contribution is -2.28. The minimum absolute atomic E-state index is 0.193. The first-order valence-corrected chi connectivity index (χ1v) is 8.09. The molecule has 0 heterocycles. The van der Waals surface area contributed by atoms with Crippen molar-refractivity contribution in [2.24, 2.45) is 11.8 Å². The summed E-state index contributed by atoms with van der Waals surface area (Å²) in [5, 5.41) is 12.5. The average Bonchev–Trinajstić information content (AvgIpc) is 2.61. The van der Waals surface area contributed by atoms with Gasteiger partial charge in [-0.15, -0.1) is 0 Å². The van der Waals surface area contributed by atoms with E-state index < -0.39 is 5.60 Å². The van der Waals surface area contributed by atoms with Gasteiger partial charge in [0.1, 0.15) is 0 Å². The highest BCUT2D eigenvalue weighted by Crippen LogP contribution is 2.32. The van der Waals surface area contributed by atoms with Gasteiger partial charge in [0, 0.05) is 24.5 Å². The van der Waals surface area contributed by atoms with E-state index >= 15 is 0 Å². The molecule has 18 heavy (non-hydrogen) atoms. The first-order chi connectivity index (χ1) is 8.37. The predicted molar refractivity (Wildman–Crippen MR) is 77.8 cm³/mol. The molecule has 106 valence electrons. The molecule has 0 unspecified atom stereocenters. The molecule has 0 radical (unpaired) electrons. The van der Waals surface area contributed by atoms with Gasteiger partial charge in [0.25, 0.3) is 0 Å². The Balaban J connectivity index is 2.00. The number of aliphatic hydroxyl groups is 1. The molecule has 0 bridgehead atoms. The number of hydrogen-bond acceptors (Lipinski definition) is 3. The Hall–Kier alpha value is -0.220. The monoisotopic (exact) mass is 273 g/mol. The van der Waals surface area contributed by atoms with Crippen LogP contribution < -0.4 is 5.32 Å². The van der Waals surface area contributed by atoms with Gasteiger partial charge in [0.15, 0.2) is 0 Å². The van der Waals surface area contributed by atoms with Gasteiger partial charge in [0.2, 0.25) is 5.91 Å². The molecule has 1 saturated carbocycles. The molecular formula is C14H27NO2S. The van der Waals surface area contributed by atoms with E-state index in [0.29, 0.717) is 24.6 Å². The van der Waals surface area contributed by atoms with Crippen molar-refractivity contribution in [3.05, 3.63) is 0 Å². The topological polar surface area (TPSA) is 49.3 Å². The maximum Gasteiger partial charge on any atom is 0.220 e. The SMILES string of the molecule is C[C@H]1CC[C@H](CC(=O)NCCSCC(C)(C)O)C1. The zero-order valence-corrected chi connectivity index (χ0v) is 12.7. The standard InChI is InChI=1S/C14H27NO2S/c1-11-4-5-12(8-11)9-13(16)15-6-7-18-10-14(2,3)17/h11-12,17H,4-10H2,1-3H3,(H,15,16)/t11-,12-/m0/s1. The van der Waals surface area contributed by atoms with Crippen molar-refractivity contribution in [1.82, 2.24) is 5.32 Å². The summed E-state index contributed by atoms with van der Waals surface area (Å²) in [6.07, 6.45) is 4.39. The van der Waals surface area contributed by atoms with Crippen molar-refractivity contribution < 1.29 is 9.90 Å². The second-order valence-electron chi connectivity index (χ2n) is 6.20. The zero-order valence-electron chi connectivity index (χ0n) is 11.9. The molecule has 0 aromatic carbocycles. The highest BCUT2D eigenvalue weighted by Gasteiger charge is 2.23. The van der Waals surface area contributed by atoms with Crippen LogP contribution in [0.4, 0.5) is 0 Å². The van der Waals surface area contributed by atoms with E-state index in [4.69, 9.17) is 0 Å². The maximum absolute atomic E-state index is 11.7. The van der Waals surface area contributed by atoms with E-state index in [1.807, 2.05) is 0 Å². The predicted octanol–water partition coefficient (Wildman–Crippen LogP) is 2.43. The smallest absolute Gasteiger partial charge is 0.220 e. The Morgan fingerprint density at radius 1 is 1.44 bits per heavy atom.